The van der Waals surface area contributed by atoms with Gasteiger partial charge in [-0.05, 0) is 98.6 Å². The summed E-state index contributed by atoms with van der Waals surface area (Å²) in [7, 11) is 0. The van der Waals surface area contributed by atoms with Crippen molar-refractivity contribution in [3.05, 3.63) is 103 Å². The van der Waals surface area contributed by atoms with E-state index in [-0.39, 0.29) is 12.1 Å². The third kappa shape index (κ3) is 4.44. The van der Waals surface area contributed by atoms with Crippen LogP contribution in [-0.4, -0.2) is 20.8 Å². The van der Waals surface area contributed by atoms with Gasteiger partial charge in [0.15, 0.2) is 5.11 Å². The second-order valence-corrected chi connectivity index (χ2v) is 9.54. The van der Waals surface area contributed by atoms with E-state index in [0.717, 1.165) is 41.4 Å². The van der Waals surface area contributed by atoms with Crippen molar-refractivity contribution >= 4 is 23.0 Å². The number of furan rings is 1. The predicted molar refractivity (Wildman–Crippen MR) is 139 cm³/mol. The molecule has 3 aromatic heterocycles. The number of nitrogens with zero attached hydrogens (tertiary/aromatic N) is 3. The monoisotopic (exact) mass is 484 g/mol. The highest BCUT2D eigenvalue weighted by molar-refractivity contribution is 7.80. The molecule has 4 heterocycles. The van der Waals surface area contributed by atoms with E-state index in [0.29, 0.717) is 17.8 Å². The lowest BCUT2D eigenvalue weighted by Crippen LogP contribution is -2.30. The molecular weight excluding hydrogens is 456 g/mol. The number of nitrogens with one attached hydrogen (secondary N) is 1. The number of ether oxygens (including phenoxy) is 1. The Kier molecular flexibility index (Phi) is 6.00. The maximum atomic E-state index is 6.20. The van der Waals surface area contributed by atoms with Crippen LogP contribution in [0.1, 0.15) is 54.9 Å². The van der Waals surface area contributed by atoms with Crippen molar-refractivity contribution < 1.29 is 9.15 Å². The minimum Gasteiger partial charge on any atom is -0.490 e. The number of thiocarbonyl (C=S) groups is 1. The first-order valence-electron chi connectivity index (χ1n) is 12.2. The van der Waals surface area contributed by atoms with Crippen LogP contribution in [0, 0.1) is 0 Å². The van der Waals surface area contributed by atoms with E-state index in [9.17, 15) is 0 Å². The summed E-state index contributed by atoms with van der Waals surface area (Å²) in [4.78, 5) is 6.86. The summed E-state index contributed by atoms with van der Waals surface area (Å²) in [6, 6.07) is 22.3. The number of pyridine rings is 1. The fourth-order valence-corrected chi connectivity index (χ4v) is 5.57. The molecule has 0 bridgehead atoms. The number of hydrogen-bond acceptors (Lipinski definition) is 4. The first kappa shape index (κ1) is 21.9. The van der Waals surface area contributed by atoms with E-state index in [1.165, 1.54) is 12.8 Å². The minimum atomic E-state index is -0.0941. The van der Waals surface area contributed by atoms with Gasteiger partial charge in [-0.2, -0.15) is 0 Å². The molecule has 0 spiro atoms. The van der Waals surface area contributed by atoms with Crippen molar-refractivity contribution in [2.75, 3.05) is 4.90 Å². The van der Waals surface area contributed by atoms with Crippen molar-refractivity contribution in [2.24, 2.45) is 0 Å². The van der Waals surface area contributed by atoms with Gasteiger partial charge < -0.3 is 23.9 Å². The summed E-state index contributed by atoms with van der Waals surface area (Å²) >= 11 is 5.89. The van der Waals surface area contributed by atoms with Crippen LogP contribution in [0.5, 0.6) is 5.75 Å². The summed E-state index contributed by atoms with van der Waals surface area (Å²) in [6.45, 7) is 0.648. The molecule has 1 aromatic carbocycles. The maximum Gasteiger partial charge on any atom is 0.174 e. The van der Waals surface area contributed by atoms with Gasteiger partial charge in [0.2, 0.25) is 0 Å². The summed E-state index contributed by atoms with van der Waals surface area (Å²) in [6.07, 6.45) is 10.8. The lowest BCUT2D eigenvalue weighted by molar-refractivity contribution is 0.210. The van der Waals surface area contributed by atoms with E-state index in [1.54, 1.807) is 6.26 Å². The van der Waals surface area contributed by atoms with Crippen LogP contribution in [0.3, 0.4) is 0 Å². The van der Waals surface area contributed by atoms with Crippen LogP contribution in [0.4, 0.5) is 5.69 Å². The molecule has 178 valence electrons. The van der Waals surface area contributed by atoms with Crippen LogP contribution in [-0.2, 0) is 6.54 Å². The molecule has 0 unspecified atom stereocenters. The Morgan fingerprint density at radius 3 is 2.60 bits per heavy atom. The van der Waals surface area contributed by atoms with Gasteiger partial charge in [0.05, 0.1) is 30.6 Å². The zero-order valence-electron chi connectivity index (χ0n) is 19.4. The molecule has 1 N–H and O–H groups in total. The van der Waals surface area contributed by atoms with Crippen LogP contribution in [0.15, 0.2) is 89.8 Å². The third-order valence-electron chi connectivity index (χ3n) is 6.89. The molecule has 2 aliphatic rings. The highest BCUT2D eigenvalue weighted by Crippen LogP contribution is 2.42. The molecule has 7 heteroatoms. The molecule has 6 rings (SSSR count). The van der Waals surface area contributed by atoms with Gasteiger partial charge in [0.25, 0.3) is 0 Å². The zero-order chi connectivity index (χ0) is 23.6. The first-order chi connectivity index (χ1) is 17.3. The van der Waals surface area contributed by atoms with Gasteiger partial charge in [-0.25, -0.2) is 0 Å². The van der Waals surface area contributed by atoms with Crippen LogP contribution < -0.4 is 15.0 Å². The Morgan fingerprint density at radius 2 is 1.86 bits per heavy atom. The average molecular weight is 485 g/mol. The summed E-state index contributed by atoms with van der Waals surface area (Å²) < 4.78 is 14.1. The van der Waals surface area contributed by atoms with Crippen LogP contribution in [0.2, 0.25) is 0 Å². The SMILES string of the molecule is S=C1N[C@H](c2ccccn2)[C@H](c2cccn2Cc2ccco2)N1c1ccc(OC2CCCC2)cc1. The van der Waals surface area contributed by atoms with Crippen molar-refractivity contribution in [3.63, 3.8) is 0 Å². The minimum absolute atomic E-state index is 0.0797. The second kappa shape index (κ2) is 9.58. The third-order valence-corrected chi connectivity index (χ3v) is 7.21. The fraction of sp³-hybridized carbons (Fsp3) is 0.286. The molecular formula is C28H28N4O2S. The van der Waals surface area contributed by atoms with Gasteiger partial charge in [-0.1, -0.05) is 6.07 Å². The largest absolute Gasteiger partial charge is 0.490 e. The highest BCUT2D eigenvalue weighted by Gasteiger charge is 2.42. The topological polar surface area (TPSA) is 55.5 Å². The number of aromatic nitrogens is 2. The summed E-state index contributed by atoms with van der Waals surface area (Å²) in [5.74, 6) is 1.82. The van der Waals surface area contributed by atoms with Gasteiger partial charge in [-0.15, -0.1) is 0 Å². The van der Waals surface area contributed by atoms with Gasteiger partial charge in [0, 0.05) is 23.8 Å². The molecule has 1 saturated carbocycles. The molecule has 1 aliphatic heterocycles. The normalized spacial score (nSPS) is 20.3. The molecule has 0 amide bonds. The predicted octanol–water partition coefficient (Wildman–Crippen LogP) is 6.02. The molecule has 0 radical (unpaired) electrons. The Morgan fingerprint density at radius 1 is 1.00 bits per heavy atom. The lowest BCUT2D eigenvalue weighted by Gasteiger charge is -2.29. The van der Waals surface area contributed by atoms with Crippen LogP contribution in [0.25, 0.3) is 0 Å². The Labute approximate surface area is 210 Å². The lowest BCUT2D eigenvalue weighted by atomic mass is 10.0. The number of hydrogen-bond donors (Lipinski definition) is 1. The van der Waals surface area contributed by atoms with E-state index in [2.05, 4.69) is 68.4 Å². The molecule has 1 saturated heterocycles. The van der Waals surface area contributed by atoms with Crippen molar-refractivity contribution in [2.45, 2.75) is 50.4 Å². The van der Waals surface area contributed by atoms with E-state index in [4.69, 9.17) is 21.4 Å². The van der Waals surface area contributed by atoms with Crippen LogP contribution >= 0.6 is 12.2 Å². The van der Waals surface area contributed by atoms with Crippen molar-refractivity contribution in [1.29, 1.82) is 0 Å². The molecule has 2 atom stereocenters. The second-order valence-electron chi connectivity index (χ2n) is 9.16. The van der Waals surface area contributed by atoms with Gasteiger partial charge in [-0.3, -0.25) is 4.98 Å². The molecule has 4 aromatic rings. The Hall–Kier alpha value is -3.58. The Bertz CT molecular complexity index is 1260. The standard InChI is InChI=1S/C28H28N4O2S/c35-28-30-26(24-10-3-4-16-29-24)27(25-11-5-17-31(25)19-23-9-6-18-33-23)32(28)20-12-14-22(15-13-20)34-21-7-1-2-8-21/h3-6,9-18,21,26-27H,1-2,7-8,19H2,(H,30,35)/t26-,27+/m1/s1. The number of rotatable bonds is 7. The highest BCUT2D eigenvalue weighted by atomic mass is 32.1. The first-order valence-corrected chi connectivity index (χ1v) is 12.6. The smallest absolute Gasteiger partial charge is 0.174 e. The number of anilines is 1. The fourth-order valence-electron chi connectivity index (χ4n) is 5.23. The average Bonchev–Trinajstić information content (AvgIpc) is 3.69. The Balaban J connectivity index is 1.35. The zero-order valence-corrected chi connectivity index (χ0v) is 20.2. The van der Waals surface area contributed by atoms with Crippen molar-refractivity contribution in [1.82, 2.24) is 14.9 Å². The molecule has 35 heavy (non-hydrogen) atoms. The van der Waals surface area contributed by atoms with E-state index < -0.39 is 0 Å². The van der Waals surface area contributed by atoms with E-state index in [1.807, 2.05) is 30.5 Å². The summed E-state index contributed by atoms with van der Waals surface area (Å²) in [5, 5.41) is 4.22. The molecule has 1 aliphatic carbocycles. The van der Waals surface area contributed by atoms with Crippen molar-refractivity contribution in [3.8, 4) is 5.75 Å². The molecule has 2 fully saturated rings. The molecule has 6 nitrogen and oxygen atoms in total. The summed E-state index contributed by atoms with van der Waals surface area (Å²) in [5.41, 5.74) is 3.11. The van der Waals surface area contributed by atoms with Gasteiger partial charge >= 0.3 is 0 Å². The quantitative estimate of drug-likeness (QED) is 0.324. The van der Waals surface area contributed by atoms with Gasteiger partial charge in [0.1, 0.15) is 17.6 Å². The van der Waals surface area contributed by atoms with E-state index >= 15 is 0 Å². The maximum absolute atomic E-state index is 6.20. The number of benzene rings is 1.